The molecule has 0 aliphatic rings. The van der Waals surface area contributed by atoms with Gasteiger partial charge in [0.25, 0.3) is 0 Å². The number of guanidine groups is 1. The minimum atomic E-state index is -0.584. The molecule has 0 aliphatic carbocycles. The second kappa shape index (κ2) is 57.4. The summed E-state index contributed by atoms with van der Waals surface area (Å²) in [5.41, 5.74) is 37.1. The van der Waals surface area contributed by atoms with Crippen LogP contribution in [0, 0.1) is 0 Å². The molecule has 5 aromatic carbocycles. The van der Waals surface area contributed by atoms with Crippen LogP contribution in [0.2, 0.25) is 0 Å². The van der Waals surface area contributed by atoms with E-state index in [-0.39, 0.29) is 89.0 Å². The van der Waals surface area contributed by atoms with Crippen molar-refractivity contribution in [1.82, 2.24) is 53.2 Å². The van der Waals surface area contributed by atoms with E-state index in [1.807, 2.05) is 152 Å². The highest BCUT2D eigenvalue weighted by Crippen LogP contribution is 2.12. The maximum atomic E-state index is 12.3. The number of primary amides is 1. The number of carbonyl (C=O) groups is 11. The van der Waals surface area contributed by atoms with E-state index in [0.717, 1.165) is 53.5 Å². The third kappa shape index (κ3) is 42.5. The largest absolute Gasteiger partial charge is 0.370 e. The first kappa shape index (κ1) is 96.2. The summed E-state index contributed by atoms with van der Waals surface area (Å²) in [6.45, 7) is 9.36. The molecule has 594 valence electrons. The maximum Gasteiger partial charge on any atom is 0.237 e. The fourth-order valence-corrected chi connectivity index (χ4v) is 10.7. The third-order valence-corrected chi connectivity index (χ3v) is 17.3. The van der Waals surface area contributed by atoms with E-state index in [2.05, 4.69) is 58.2 Å². The number of benzene rings is 5. The Morgan fingerprint density at radius 1 is 0.296 bits per heavy atom. The van der Waals surface area contributed by atoms with Gasteiger partial charge >= 0.3 is 0 Å². The van der Waals surface area contributed by atoms with Crippen molar-refractivity contribution in [2.24, 2.45) is 39.4 Å². The van der Waals surface area contributed by atoms with Gasteiger partial charge in [-0.3, -0.25) is 57.7 Å². The molecule has 0 heterocycles. The number of aliphatic imine (C=N–C) groups is 1. The molecule has 22 N–H and O–H groups in total. The lowest BCUT2D eigenvalue weighted by Crippen LogP contribution is -2.50. The van der Waals surface area contributed by atoms with Gasteiger partial charge in [0.15, 0.2) is 34.9 Å². The monoisotopic (exact) mass is 1500 g/mol. The molecular formula is C80H123N17O11. The fraction of sp³-hybridized carbons (Fsp3) is 0.475. The van der Waals surface area contributed by atoms with Crippen molar-refractivity contribution in [3.05, 3.63) is 179 Å². The molecule has 108 heavy (non-hydrogen) atoms. The van der Waals surface area contributed by atoms with Gasteiger partial charge in [0, 0.05) is 13.0 Å². The maximum absolute atomic E-state index is 12.3. The van der Waals surface area contributed by atoms with E-state index in [0.29, 0.717) is 84.0 Å². The van der Waals surface area contributed by atoms with Gasteiger partial charge < -0.3 is 87.6 Å². The summed E-state index contributed by atoms with van der Waals surface area (Å²) < 4.78 is 0. The van der Waals surface area contributed by atoms with Gasteiger partial charge in [-0.05, 0) is 194 Å². The predicted octanol–water partition coefficient (Wildman–Crippen LogP) is 1.60. The number of nitrogens with two attached hydrogens (primary N) is 6. The Hall–Kier alpha value is -9.78. The highest BCUT2D eigenvalue weighted by molar-refractivity contribution is 5.93. The number of hydrogen-bond acceptors (Lipinski definition) is 20. The molecule has 28 nitrogen and oxygen atoms in total. The number of hydrogen-bond donors (Lipinski definition) is 16. The molecule has 0 fully saturated rings. The fourth-order valence-electron chi connectivity index (χ4n) is 10.7. The summed E-state index contributed by atoms with van der Waals surface area (Å²) >= 11 is 0. The lowest BCUT2D eigenvalue weighted by Gasteiger charge is -2.21. The van der Waals surface area contributed by atoms with Gasteiger partial charge in [0.2, 0.25) is 35.4 Å². The van der Waals surface area contributed by atoms with Crippen molar-refractivity contribution >= 4 is 70.3 Å². The summed E-state index contributed by atoms with van der Waals surface area (Å²) in [7, 11) is 8.51. The van der Waals surface area contributed by atoms with E-state index < -0.39 is 48.2 Å². The summed E-state index contributed by atoms with van der Waals surface area (Å²) in [6, 6.07) is 43.5. The molecule has 28 heteroatoms. The van der Waals surface area contributed by atoms with Crippen molar-refractivity contribution < 1.29 is 52.7 Å². The van der Waals surface area contributed by atoms with E-state index in [1.165, 1.54) is 34.6 Å². The van der Waals surface area contributed by atoms with Crippen LogP contribution in [0.25, 0.3) is 0 Å². The molecule has 0 spiro atoms. The standard InChI is InChI=1S/C17H27N3O2.C16H25N5O2.C16H23N3O3.C16H25N3O2.C15H23N3O2/c1-13(21)16(12-14-8-4-3-5-9-14)20-17(22)15(19-2)10-6-7-11-18;1-11(22)14(10-12-6-4-3-5-7-12)21-15(23)13(19-2)8-9-20-16(17)18;1-11(20)14(10-12-6-4-3-5-7-12)19-16(22)13(18-2)8-9-15(17)21;1-12(20)15(11-13-7-4-3-5-8-13)19-16(21)14(18-2)9-6-10-17;1-11(19)14(10-12-6-4-3-5-7-12)18-15(20)13(17-2)8-9-16/h3-5,8-9,15-16,19H,6-7,10-12,18H2,1-2H3,(H,20,22);3-7,13-14,19H,8-10H2,1-2H3,(H,21,23)(H4,17,18,20);3-7,13-14,18H,8-10H2,1-2H3,(H2,17,21)(H,19,22);3-5,7-8,14-15,18H,6,9-11,17H2,1-2H3,(H,19,21);3-7,13-14,17H,8-10,16H2,1-2H3,(H,18,20). The molecule has 0 bridgehead atoms. The van der Waals surface area contributed by atoms with Crippen LogP contribution in [0.3, 0.4) is 0 Å². The molecule has 10 unspecified atom stereocenters. The molecule has 0 saturated carbocycles. The number of carbonyl (C=O) groups excluding carboxylic acids is 11. The topological polar surface area (TPSA) is 477 Å². The number of unbranched alkanes of at least 4 members (excludes halogenated alkanes) is 1. The Bertz CT molecular complexity index is 3450. The van der Waals surface area contributed by atoms with Gasteiger partial charge in [-0.1, -0.05) is 158 Å². The van der Waals surface area contributed by atoms with Crippen LogP contribution in [-0.4, -0.2) is 192 Å². The Morgan fingerprint density at radius 2 is 0.528 bits per heavy atom. The van der Waals surface area contributed by atoms with E-state index >= 15 is 0 Å². The van der Waals surface area contributed by atoms with Gasteiger partial charge in [-0.2, -0.15) is 0 Å². The van der Waals surface area contributed by atoms with Gasteiger partial charge in [-0.25, -0.2) is 0 Å². The van der Waals surface area contributed by atoms with E-state index in [4.69, 9.17) is 34.4 Å². The second-order valence-electron chi connectivity index (χ2n) is 25.9. The van der Waals surface area contributed by atoms with Crippen LogP contribution < -0.4 is 87.6 Å². The molecule has 0 saturated heterocycles. The van der Waals surface area contributed by atoms with Gasteiger partial charge in [-0.15, -0.1) is 0 Å². The molecule has 0 aliphatic heterocycles. The summed E-state index contributed by atoms with van der Waals surface area (Å²) in [5.74, 6) is -1.80. The number of likely N-dealkylation sites (N-methyl/N-ethyl adjacent to an activating group) is 5. The number of Topliss-reactive ketones (excluding diaryl/α,β-unsaturated/α-hetero) is 5. The van der Waals surface area contributed by atoms with Crippen LogP contribution in [0.5, 0.6) is 0 Å². The van der Waals surface area contributed by atoms with Gasteiger partial charge in [0.1, 0.15) is 0 Å². The molecule has 5 aromatic rings. The summed E-state index contributed by atoms with van der Waals surface area (Å²) in [6.07, 6.45) is 7.75. The Labute approximate surface area is 638 Å². The first-order chi connectivity index (χ1) is 51.6. The Balaban J connectivity index is 0.000000675. The number of amides is 6. The average Bonchev–Trinajstić information content (AvgIpc) is 0.907. The van der Waals surface area contributed by atoms with Crippen LogP contribution in [0.4, 0.5) is 0 Å². The number of nitrogens with one attached hydrogen (secondary N) is 10. The first-order valence-electron chi connectivity index (χ1n) is 36.7. The molecule has 0 aromatic heterocycles. The quantitative estimate of drug-likeness (QED) is 0.0149. The predicted molar refractivity (Wildman–Crippen MR) is 427 cm³/mol. The zero-order chi connectivity index (χ0) is 80.8. The molecule has 6 amide bonds. The van der Waals surface area contributed by atoms with E-state index in [9.17, 15) is 52.7 Å². The summed E-state index contributed by atoms with van der Waals surface area (Å²) in [5, 5.41) is 28.6. The lowest BCUT2D eigenvalue weighted by molar-refractivity contribution is -0.128. The third-order valence-electron chi connectivity index (χ3n) is 17.3. The van der Waals surface area contributed by atoms with Crippen molar-refractivity contribution in [1.29, 1.82) is 0 Å². The summed E-state index contributed by atoms with van der Waals surface area (Å²) in [4.78, 5) is 135. The lowest BCUT2D eigenvalue weighted by atomic mass is 10.0. The van der Waals surface area contributed by atoms with Crippen molar-refractivity contribution in [2.45, 2.75) is 185 Å². The highest BCUT2D eigenvalue weighted by atomic mass is 16.2. The number of nitrogens with zero attached hydrogens (tertiary/aromatic N) is 1. The van der Waals surface area contributed by atoms with Crippen molar-refractivity contribution in [3.8, 4) is 0 Å². The zero-order valence-corrected chi connectivity index (χ0v) is 64.8. The molecule has 0 radical (unpaired) electrons. The Kier molecular flexibility index (Phi) is 51.1. The normalized spacial score (nSPS) is 13.3. The van der Waals surface area contributed by atoms with Crippen LogP contribution in [0.15, 0.2) is 157 Å². The molecule has 5 rings (SSSR count). The number of ketones is 5. The SMILES string of the molecule is CNC(CCC(N)=O)C(=O)NC(Cc1ccccc1)C(C)=O.CNC(CCCCN)C(=O)NC(Cc1ccccc1)C(C)=O.CNC(CCCN)C(=O)NC(Cc1ccccc1)C(C)=O.CNC(CCN)C(=O)NC(Cc1ccccc1)C(C)=O.CNC(CCN=C(N)N)C(=O)NC(Cc1ccccc1)C(C)=O. The highest BCUT2D eigenvalue weighted by Gasteiger charge is 2.28. The first-order valence-corrected chi connectivity index (χ1v) is 36.7. The van der Waals surface area contributed by atoms with Crippen molar-refractivity contribution in [2.75, 3.05) is 61.4 Å². The van der Waals surface area contributed by atoms with Crippen molar-refractivity contribution in [3.63, 3.8) is 0 Å². The van der Waals surface area contributed by atoms with Crippen LogP contribution in [-0.2, 0) is 84.8 Å². The Morgan fingerprint density at radius 3 is 0.741 bits per heavy atom. The molecular weight excluding hydrogens is 1370 g/mol. The minimum Gasteiger partial charge on any atom is -0.370 e. The van der Waals surface area contributed by atoms with Crippen LogP contribution in [0.1, 0.15) is 120 Å². The average molecular weight is 1500 g/mol. The zero-order valence-electron chi connectivity index (χ0n) is 64.8. The number of rotatable bonds is 45. The van der Waals surface area contributed by atoms with E-state index in [1.54, 1.807) is 35.2 Å². The second-order valence-corrected chi connectivity index (χ2v) is 25.9. The molecule has 10 atom stereocenters. The van der Waals surface area contributed by atoms with Crippen LogP contribution >= 0.6 is 0 Å². The minimum absolute atomic E-state index is 0.00838. The van der Waals surface area contributed by atoms with Gasteiger partial charge in [0.05, 0.1) is 60.4 Å². The smallest absolute Gasteiger partial charge is 0.237 e.